The zero-order chi connectivity index (χ0) is 25.6. The van der Waals surface area contributed by atoms with E-state index in [1.807, 2.05) is 34.7 Å². The number of halogens is 3. The van der Waals surface area contributed by atoms with Crippen molar-refractivity contribution in [3.05, 3.63) is 70.8 Å². The number of carbonyl (C=O) groups excluding carboxylic acids is 1. The van der Waals surface area contributed by atoms with Gasteiger partial charge in [0, 0.05) is 50.0 Å². The van der Waals surface area contributed by atoms with E-state index in [9.17, 15) is 18.0 Å². The highest BCUT2D eigenvalue weighted by atomic mass is 19.4. The Balaban J connectivity index is 1.46. The molecule has 3 heterocycles. The highest BCUT2D eigenvalue weighted by Crippen LogP contribution is 2.41. The molecule has 190 valence electrons. The quantitative estimate of drug-likeness (QED) is 0.554. The van der Waals surface area contributed by atoms with Crippen molar-refractivity contribution in [1.82, 2.24) is 20.1 Å². The van der Waals surface area contributed by atoms with Crippen LogP contribution in [0.15, 0.2) is 42.7 Å². The lowest BCUT2D eigenvalue weighted by Crippen LogP contribution is -2.33. The van der Waals surface area contributed by atoms with Gasteiger partial charge in [0.2, 0.25) is 0 Å². The molecule has 0 spiro atoms. The Morgan fingerprint density at radius 2 is 2.06 bits per heavy atom. The number of likely N-dealkylation sites (N-methyl/N-ethyl adjacent to an activating group) is 1. The predicted molar refractivity (Wildman–Crippen MR) is 131 cm³/mol. The molecule has 3 aromatic rings. The van der Waals surface area contributed by atoms with Gasteiger partial charge in [-0.25, -0.2) is 0 Å². The lowest BCUT2D eigenvalue weighted by molar-refractivity contribution is -0.138. The van der Waals surface area contributed by atoms with Crippen LogP contribution in [0.2, 0.25) is 0 Å². The van der Waals surface area contributed by atoms with E-state index in [1.54, 1.807) is 25.5 Å². The number of aryl methyl sites for hydroxylation is 1. The molecule has 0 saturated carbocycles. The Kier molecular flexibility index (Phi) is 6.23. The van der Waals surface area contributed by atoms with Crippen molar-refractivity contribution in [1.29, 1.82) is 0 Å². The molecule has 0 unspecified atom stereocenters. The Morgan fingerprint density at radius 3 is 2.72 bits per heavy atom. The van der Waals surface area contributed by atoms with E-state index in [1.165, 1.54) is 11.0 Å². The molecule has 5 rings (SSSR count). The number of anilines is 2. The van der Waals surface area contributed by atoms with Crippen molar-refractivity contribution in [3.63, 3.8) is 0 Å². The van der Waals surface area contributed by atoms with Gasteiger partial charge in [-0.15, -0.1) is 10.2 Å². The second kappa shape index (κ2) is 9.24. The topological polar surface area (TPSA) is 66.3 Å². The zero-order valence-corrected chi connectivity index (χ0v) is 20.5. The second-order valence-electron chi connectivity index (χ2n) is 9.72. The Labute approximate surface area is 207 Å². The highest BCUT2D eigenvalue weighted by molar-refractivity contribution is 6.11. The van der Waals surface area contributed by atoms with E-state index < -0.39 is 17.6 Å². The summed E-state index contributed by atoms with van der Waals surface area (Å²) in [4.78, 5) is 16.8. The Hall–Kier alpha value is -3.40. The van der Waals surface area contributed by atoms with Crippen molar-refractivity contribution in [2.45, 2.75) is 44.4 Å². The second-order valence-corrected chi connectivity index (χ2v) is 9.72. The van der Waals surface area contributed by atoms with Gasteiger partial charge in [0.25, 0.3) is 5.91 Å². The molecule has 2 aliphatic heterocycles. The van der Waals surface area contributed by atoms with Gasteiger partial charge in [-0.3, -0.25) is 4.79 Å². The first-order chi connectivity index (χ1) is 17.1. The summed E-state index contributed by atoms with van der Waals surface area (Å²) in [6.45, 7) is 3.47. The first kappa shape index (κ1) is 24.3. The number of hydrogen-bond donors (Lipinski definition) is 1. The molecule has 0 radical (unpaired) electrons. The van der Waals surface area contributed by atoms with Crippen molar-refractivity contribution < 1.29 is 18.0 Å². The number of amides is 1. The lowest BCUT2D eigenvalue weighted by atomic mass is 9.97. The molecule has 7 nitrogen and oxygen atoms in total. The van der Waals surface area contributed by atoms with Gasteiger partial charge >= 0.3 is 6.18 Å². The highest BCUT2D eigenvalue weighted by Gasteiger charge is 2.41. The average Bonchev–Trinajstić information content (AvgIpc) is 3.59. The normalized spacial score (nSPS) is 18.6. The van der Waals surface area contributed by atoms with Gasteiger partial charge in [0.15, 0.2) is 0 Å². The fraction of sp³-hybridized carbons (Fsp3) is 0.423. The van der Waals surface area contributed by atoms with Crippen LogP contribution in [0.3, 0.4) is 0 Å². The van der Waals surface area contributed by atoms with Gasteiger partial charge in [-0.05, 0) is 54.3 Å². The third kappa shape index (κ3) is 4.45. The van der Waals surface area contributed by atoms with Crippen LogP contribution in [0.4, 0.5) is 24.5 Å². The van der Waals surface area contributed by atoms with E-state index in [2.05, 4.69) is 22.4 Å². The minimum Gasteiger partial charge on any atom is -0.370 e. The zero-order valence-electron chi connectivity index (χ0n) is 20.5. The molecule has 1 fully saturated rings. The van der Waals surface area contributed by atoms with Crippen LogP contribution in [-0.2, 0) is 26.2 Å². The fourth-order valence-corrected chi connectivity index (χ4v) is 5.12. The third-order valence-electron chi connectivity index (χ3n) is 7.37. The van der Waals surface area contributed by atoms with Crippen LogP contribution in [0.1, 0.15) is 52.1 Å². The minimum absolute atomic E-state index is 0.0340. The summed E-state index contributed by atoms with van der Waals surface area (Å²) in [5.41, 5.74) is 1.39. The smallest absolute Gasteiger partial charge is 0.370 e. The fourth-order valence-electron chi connectivity index (χ4n) is 5.12. The van der Waals surface area contributed by atoms with Gasteiger partial charge in [-0.2, -0.15) is 13.2 Å². The summed E-state index contributed by atoms with van der Waals surface area (Å²) in [5.74, 6) is 0.508. The molecule has 2 aliphatic rings. The number of carbonyl (C=O) groups is 1. The van der Waals surface area contributed by atoms with Crippen LogP contribution in [-0.4, -0.2) is 46.9 Å². The average molecular weight is 499 g/mol. The molecule has 1 saturated heterocycles. The van der Waals surface area contributed by atoms with Crippen molar-refractivity contribution in [2.75, 3.05) is 29.9 Å². The van der Waals surface area contributed by atoms with E-state index in [0.29, 0.717) is 24.3 Å². The van der Waals surface area contributed by atoms with Crippen LogP contribution < -0.4 is 15.1 Å². The Bertz CT molecular complexity index is 1280. The van der Waals surface area contributed by atoms with E-state index in [-0.39, 0.29) is 29.6 Å². The summed E-state index contributed by atoms with van der Waals surface area (Å²) in [7, 11) is 3.67. The number of benzene rings is 2. The van der Waals surface area contributed by atoms with Crippen molar-refractivity contribution in [3.8, 4) is 0 Å². The number of fused-ring (bicyclic) bond motifs is 1. The number of hydrogen-bond acceptors (Lipinski definition) is 5. The summed E-state index contributed by atoms with van der Waals surface area (Å²) < 4.78 is 44.2. The summed E-state index contributed by atoms with van der Waals surface area (Å²) in [6.07, 6.45) is -1.42. The molecule has 0 aliphatic carbocycles. The monoisotopic (exact) mass is 498 g/mol. The number of aromatic nitrogens is 3. The Morgan fingerprint density at radius 1 is 1.25 bits per heavy atom. The van der Waals surface area contributed by atoms with Gasteiger partial charge < -0.3 is 19.7 Å². The van der Waals surface area contributed by atoms with Gasteiger partial charge in [0.05, 0.1) is 12.1 Å². The van der Waals surface area contributed by atoms with Crippen LogP contribution >= 0.6 is 0 Å². The van der Waals surface area contributed by atoms with Crippen molar-refractivity contribution >= 4 is 17.3 Å². The van der Waals surface area contributed by atoms with Gasteiger partial charge in [0.1, 0.15) is 12.2 Å². The minimum atomic E-state index is -4.56. The number of nitrogens with zero attached hydrogens (tertiary/aromatic N) is 5. The summed E-state index contributed by atoms with van der Waals surface area (Å²) >= 11 is 0. The number of alkyl halides is 3. The maximum Gasteiger partial charge on any atom is 0.416 e. The van der Waals surface area contributed by atoms with Crippen molar-refractivity contribution in [2.24, 2.45) is 7.05 Å². The molecule has 2 aromatic carbocycles. The largest absolute Gasteiger partial charge is 0.416 e. The predicted octanol–water partition coefficient (Wildman–Crippen LogP) is 4.14. The molecule has 0 bridgehead atoms. The van der Waals surface area contributed by atoms with Crippen LogP contribution in [0.5, 0.6) is 0 Å². The van der Waals surface area contributed by atoms with E-state index in [0.717, 1.165) is 24.4 Å². The van der Waals surface area contributed by atoms with Gasteiger partial charge in [-0.1, -0.05) is 19.1 Å². The molecule has 10 heteroatoms. The number of rotatable bonds is 6. The summed E-state index contributed by atoms with van der Waals surface area (Å²) in [5, 5.41) is 11.3. The molecular formula is C26H29F3N6O. The SMILES string of the molecule is C[C@H](Cc1nncn1C)c1cccc(N2Cc3c(cc(N(C)[C@H]4CCNC4)cc3C(F)(F)F)C2=O)c1. The molecule has 1 aromatic heterocycles. The first-order valence-electron chi connectivity index (χ1n) is 12.1. The lowest BCUT2D eigenvalue weighted by Gasteiger charge is -2.27. The van der Waals surface area contributed by atoms with E-state index in [4.69, 9.17) is 0 Å². The third-order valence-corrected chi connectivity index (χ3v) is 7.37. The molecule has 2 atom stereocenters. The molecule has 1 amide bonds. The first-order valence-corrected chi connectivity index (χ1v) is 12.1. The van der Waals surface area contributed by atoms with E-state index >= 15 is 0 Å². The summed E-state index contributed by atoms with van der Waals surface area (Å²) in [6, 6.07) is 10.3. The van der Waals surface area contributed by atoms with Crippen LogP contribution in [0.25, 0.3) is 0 Å². The van der Waals surface area contributed by atoms with Crippen LogP contribution in [0, 0.1) is 0 Å². The molecular weight excluding hydrogens is 469 g/mol. The maximum absolute atomic E-state index is 14.1. The molecule has 1 N–H and O–H groups in total. The molecule has 36 heavy (non-hydrogen) atoms. The number of nitrogens with one attached hydrogen (secondary N) is 1. The maximum atomic E-state index is 14.1. The standard InChI is InChI=1S/C26H29F3N6O/c1-16(9-24-32-31-15-33(24)2)17-5-4-6-18(10-17)35-14-22-21(25(35)36)11-20(12-23(22)26(27,28)29)34(3)19-7-8-30-13-19/h4-6,10-12,15-16,19,30H,7-9,13-14H2,1-3H3/t16-,19+/m1/s1.